The van der Waals surface area contributed by atoms with Crippen LogP contribution in [-0.2, 0) is 24.0 Å². The van der Waals surface area contributed by atoms with Gasteiger partial charge < -0.3 is 32.5 Å². The summed E-state index contributed by atoms with van der Waals surface area (Å²) in [6.45, 7) is 6.01. The summed E-state index contributed by atoms with van der Waals surface area (Å²) in [7, 11) is 0. The molecule has 0 aromatic heterocycles. The van der Waals surface area contributed by atoms with Gasteiger partial charge in [-0.1, -0.05) is 13.8 Å². The Kier molecular flexibility index (Phi) is 9.27. The molecular formula is C15H27N5O6. The van der Waals surface area contributed by atoms with E-state index in [4.69, 9.17) is 16.6 Å². The summed E-state index contributed by atoms with van der Waals surface area (Å²) in [5.74, 6) is -4.47. The number of hydrogen-bond donors (Lipinski definition) is 6. The van der Waals surface area contributed by atoms with Gasteiger partial charge >= 0.3 is 5.97 Å². The van der Waals surface area contributed by atoms with Gasteiger partial charge in [0, 0.05) is 0 Å². The average Bonchev–Trinajstić information content (AvgIpc) is 2.52. The fraction of sp³-hybridized carbons (Fsp3) is 0.667. The maximum Gasteiger partial charge on any atom is 0.325 e. The molecular weight excluding hydrogens is 346 g/mol. The lowest BCUT2D eigenvalue weighted by Crippen LogP contribution is -2.57. The summed E-state index contributed by atoms with van der Waals surface area (Å²) in [6, 6.07) is -4.45. The Morgan fingerprint density at radius 2 is 1.35 bits per heavy atom. The first-order valence-electron chi connectivity index (χ1n) is 8.04. The number of carbonyl (C=O) groups excluding carboxylic acids is 4. The third kappa shape index (κ3) is 7.92. The van der Waals surface area contributed by atoms with Crippen molar-refractivity contribution in [2.24, 2.45) is 17.4 Å². The number of carboxylic acid groups (broad SMARTS) is 1. The number of carbonyl (C=O) groups is 5. The van der Waals surface area contributed by atoms with E-state index in [2.05, 4.69) is 16.0 Å². The molecule has 0 radical (unpaired) electrons. The van der Waals surface area contributed by atoms with Gasteiger partial charge in [-0.2, -0.15) is 0 Å². The van der Waals surface area contributed by atoms with Crippen LogP contribution in [0.1, 0.15) is 34.1 Å². The van der Waals surface area contributed by atoms with Gasteiger partial charge in [0.25, 0.3) is 0 Å². The van der Waals surface area contributed by atoms with Crippen molar-refractivity contribution in [1.82, 2.24) is 16.0 Å². The average molecular weight is 373 g/mol. The summed E-state index contributed by atoms with van der Waals surface area (Å²) in [4.78, 5) is 58.0. The number of hydrogen-bond acceptors (Lipinski definition) is 6. The summed E-state index contributed by atoms with van der Waals surface area (Å²) < 4.78 is 0. The fourth-order valence-corrected chi connectivity index (χ4v) is 1.76. The smallest absolute Gasteiger partial charge is 0.325 e. The van der Waals surface area contributed by atoms with Crippen molar-refractivity contribution in [3.63, 3.8) is 0 Å². The molecule has 26 heavy (non-hydrogen) atoms. The molecule has 0 saturated carbocycles. The third-order valence-electron chi connectivity index (χ3n) is 3.54. The second kappa shape index (κ2) is 10.3. The van der Waals surface area contributed by atoms with Crippen molar-refractivity contribution in [2.45, 2.75) is 58.3 Å². The molecule has 0 spiro atoms. The van der Waals surface area contributed by atoms with Crippen LogP contribution in [0.15, 0.2) is 0 Å². The van der Waals surface area contributed by atoms with E-state index in [1.54, 1.807) is 13.8 Å². The molecule has 0 heterocycles. The summed E-state index contributed by atoms with van der Waals surface area (Å²) >= 11 is 0. The minimum atomic E-state index is -1.31. The molecule has 0 bridgehead atoms. The van der Waals surface area contributed by atoms with E-state index < -0.39 is 60.2 Å². The van der Waals surface area contributed by atoms with E-state index in [9.17, 15) is 24.0 Å². The Balaban J connectivity index is 4.97. The van der Waals surface area contributed by atoms with Crippen LogP contribution in [0.2, 0.25) is 0 Å². The largest absolute Gasteiger partial charge is 0.480 e. The molecule has 11 heteroatoms. The fourth-order valence-electron chi connectivity index (χ4n) is 1.76. The first-order chi connectivity index (χ1) is 11.9. The van der Waals surface area contributed by atoms with Crippen LogP contribution >= 0.6 is 0 Å². The molecule has 0 saturated heterocycles. The first-order valence-corrected chi connectivity index (χ1v) is 8.04. The minimum Gasteiger partial charge on any atom is -0.480 e. The van der Waals surface area contributed by atoms with E-state index >= 15 is 0 Å². The Bertz CT molecular complexity index is 565. The molecule has 0 fully saturated rings. The zero-order valence-corrected chi connectivity index (χ0v) is 15.2. The normalized spacial score (nSPS) is 15.3. The van der Waals surface area contributed by atoms with Crippen molar-refractivity contribution in [2.75, 3.05) is 0 Å². The quantitative estimate of drug-likeness (QED) is 0.242. The van der Waals surface area contributed by atoms with E-state index in [1.807, 2.05) is 0 Å². The van der Waals surface area contributed by atoms with Crippen molar-refractivity contribution >= 4 is 29.6 Å². The van der Waals surface area contributed by atoms with Crippen molar-refractivity contribution in [1.29, 1.82) is 0 Å². The van der Waals surface area contributed by atoms with E-state index in [0.29, 0.717) is 0 Å². The zero-order chi connectivity index (χ0) is 20.6. The lowest BCUT2D eigenvalue weighted by atomic mass is 10.0. The van der Waals surface area contributed by atoms with Crippen LogP contribution in [0.3, 0.4) is 0 Å². The number of rotatable bonds is 10. The molecule has 4 unspecified atom stereocenters. The number of carboxylic acids is 1. The minimum absolute atomic E-state index is 0.200. The monoisotopic (exact) mass is 373 g/mol. The van der Waals surface area contributed by atoms with Gasteiger partial charge in [-0.15, -0.1) is 0 Å². The molecule has 11 nitrogen and oxygen atoms in total. The van der Waals surface area contributed by atoms with Crippen molar-refractivity contribution in [3.05, 3.63) is 0 Å². The van der Waals surface area contributed by atoms with Gasteiger partial charge in [-0.3, -0.25) is 24.0 Å². The molecule has 0 aromatic rings. The van der Waals surface area contributed by atoms with Gasteiger partial charge in [0.15, 0.2) is 0 Å². The van der Waals surface area contributed by atoms with Crippen LogP contribution in [-0.4, -0.2) is 58.9 Å². The topological polar surface area (TPSA) is 194 Å². The number of amides is 4. The molecule has 148 valence electrons. The van der Waals surface area contributed by atoms with Crippen LogP contribution in [0, 0.1) is 5.92 Å². The maximum absolute atomic E-state index is 12.3. The highest BCUT2D eigenvalue weighted by Crippen LogP contribution is 2.01. The molecule has 8 N–H and O–H groups in total. The van der Waals surface area contributed by atoms with Gasteiger partial charge in [0.1, 0.15) is 18.1 Å². The van der Waals surface area contributed by atoms with Crippen molar-refractivity contribution < 1.29 is 29.1 Å². The molecule has 0 aliphatic heterocycles. The van der Waals surface area contributed by atoms with Crippen LogP contribution in [0.4, 0.5) is 0 Å². The molecule has 4 atom stereocenters. The lowest BCUT2D eigenvalue weighted by molar-refractivity contribution is -0.141. The number of primary amides is 1. The number of nitrogens with two attached hydrogens (primary N) is 2. The summed E-state index contributed by atoms with van der Waals surface area (Å²) in [6.07, 6.45) is -0.484. The second-order valence-corrected chi connectivity index (χ2v) is 6.30. The van der Waals surface area contributed by atoms with Crippen LogP contribution in [0.5, 0.6) is 0 Å². The third-order valence-corrected chi connectivity index (χ3v) is 3.54. The Labute approximate surface area is 151 Å². The predicted octanol–water partition coefficient (Wildman–Crippen LogP) is -2.58. The molecule has 4 amide bonds. The number of aliphatic carboxylic acids is 1. The predicted molar refractivity (Wildman–Crippen MR) is 91.4 cm³/mol. The Morgan fingerprint density at radius 3 is 1.77 bits per heavy atom. The van der Waals surface area contributed by atoms with Gasteiger partial charge in [-0.25, -0.2) is 0 Å². The second-order valence-electron chi connectivity index (χ2n) is 6.30. The Hall–Kier alpha value is -2.69. The Morgan fingerprint density at radius 1 is 0.846 bits per heavy atom. The summed E-state index contributed by atoms with van der Waals surface area (Å²) in [5.41, 5.74) is 10.8. The highest BCUT2D eigenvalue weighted by Gasteiger charge is 2.29. The maximum atomic E-state index is 12.3. The molecule has 0 aromatic carbocycles. The SMILES string of the molecule is CC(NC(=O)C(C)NC(=O)C(CC(N)=O)NC(=O)C(N)C(C)C)C(=O)O. The first kappa shape index (κ1) is 23.3. The molecule has 0 aliphatic rings. The van der Waals surface area contributed by atoms with E-state index in [0.717, 1.165) is 0 Å². The van der Waals surface area contributed by atoms with Gasteiger partial charge in [-0.05, 0) is 19.8 Å². The van der Waals surface area contributed by atoms with Gasteiger partial charge in [0.2, 0.25) is 23.6 Å². The molecule has 0 rings (SSSR count). The molecule has 0 aliphatic carbocycles. The van der Waals surface area contributed by atoms with Crippen LogP contribution in [0.25, 0.3) is 0 Å². The highest BCUT2D eigenvalue weighted by molar-refractivity contribution is 5.95. The van der Waals surface area contributed by atoms with Crippen LogP contribution < -0.4 is 27.4 Å². The zero-order valence-electron chi connectivity index (χ0n) is 15.2. The number of nitrogens with one attached hydrogen (secondary N) is 3. The van der Waals surface area contributed by atoms with E-state index in [1.165, 1.54) is 13.8 Å². The van der Waals surface area contributed by atoms with Gasteiger partial charge in [0.05, 0.1) is 12.5 Å². The lowest BCUT2D eigenvalue weighted by Gasteiger charge is -2.23. The van der Waals surface area contributed by atoms with E-state index in [-0.39, 0.29) is 5.92 Å². The van der Waals surface area contributed by atoms with Crippen molar-refractivity contribution in [3.8, 4) is 0 Å². The summed E-state index contributed by atoms with van der Waals surface area (Å²) in [5, 5.41) is 15.6. The standard InChI is InChI=1S/C15H27N5O6/c1-6(2)11(17)14(24)20-9(5-10(16)21)13(23)18-7(3)12(22)19-8(4)15(25)26/h6-9,11H,5,17H2,1-4H3,(H2,16,21)(H,18,23)(H,19,22)(H,20,24)(H,25,26). The highest BCUT2D eigenvalue weighted by atomic mass is 16.4.